The highest BCUT2D eigenvalue weighted by Crippen LogP contribution is 2.52. The van der Waals surface area contributed by atoms with Crippen molar-refractivity contribution >= 4 is 28.6 Å². The minimum absolute atomic E-state index is 0. The van der Waals surface area contributed by atoms with Gasteiger partial charge in [-0.2, -0.15) is 0 Å². The summed E-state index contributed by atoms with van der Waals surface area (Å²) in [7, 11) is 0. The minimum atomic E-state index is 0. The summed E-state index contributed by atoms with van der Waals surface area (Å²) < 4.78 is 0. The largest absolute Gasteiger partial charge is 0.316 e. The molecule has 2 fully saturated rings. The van der Waals surface area contributed by atoms with Gasteiger partial charge in [0.25, 0.3) is 0 Å². The van der Waals surface area contributed by atoms with Crippen LogP contribution in [0.5, 0.6) is 0 Å². The van der Waals surface area contributed by atoms with Crippen molar-refractivity contribution in [1.29, 1.82) is 0 Å². The summed E-state index contributed by atoms with van der Waals surface area (Å²) in [5, 5.41) is 3.94. The molecule has 0 amide bonds. The second-order valence-electron chi connectivity index (χ2n) is 4.47. The summed E-state index contributed by atoms with van der Waals surface area (Å²) in [6.45, 7) is 2.36. The van der Waals surface area contributed by atoms with Crippen molar-refractivity contribution in [3.63, 3.8) is 0 Å². The molecule has 1 aliphatic heterocycles. The van der Waals surface area contributed by atoms with E-state index in [0.717, 1.165) is 5.82 Å². The fraction of sp³-hybridized carbons (Fsp3) is 0.600. The molecule has 3 nitrogen and oxygen atoms in total. The standard InChI is InChI=1S/C10H12ClN3.BrH/c11-8-3-13-9(14-4-8)7-1-10(2-7)5-12-6-10;/h3-4,7,12H,1-2,5-6H2;1H. The molecule has 0 unspecified atom stereocenters. The molecular weight excluding hydrogens is 277 g/mol. The van der Waals surface area contributed by atoms with Crippen LogP contribution in [0.1, 0.15) is 24.6 Å². The SMILES string of the molecule is Br.Clc1cnc(C2CC3(CNC3)C2)nc1. The molecule has 1 aliphatic carbocycles. The molecule has 0 bridgehead atoms. The minimum Gasteiger partial charge on any atom is -0.316 e. The van der Waals surface area contributed by atoms with Crippen molar-refractivity contribution in [2.45, 2.75) is 18.8 Å². The van der Waals surface area contributed by atoms with Crippen LogP contribution < -0.4 is 5.32 Å². The Balaban J connectivity index is 0.000000853. The van der Waals surface area contributed by atoms with Crippen molar-refractivity contribution < 1.29 is 0 Å². The Hall–Kier alpha value is -0.190. The normalized spacial score (nSPS) is 22.7. The van der Waals surface area contributed by atoms with E-state index in [4.69, 9.17) is 11.6 Å². The van der Waals surface area contributed by atoms with Crippen molar-refractivity contribution in [1.82, 2.24) is 15.3 Å². The first-order valence-electron chi connectivity index (χ1n) is 4.96. The molecular formula is C10H13BrClN3. The molecule has 0 aromatic carbocycles. The summed E-state index contributed by atoms with van der Waals surface area (Å²) in [5.41, 5.74) is 0.591. The third-order valence-electron chi connectivity index (χ3n) is 3.36. The number of rotatable bonds is 1. The maximum Gasteiger partial charge on any atom is 0.131 e. The third kappa shape index (κ3) is 1.90. The molecule has 1 saturated heterocycles. The second-order valence-corrected chi connectivity index (χ2v) is 4.90. The predicted octanol–water partition coefficient (Wildman–Crippen LogP) is 2.17. The lowest BCUT2D eigenvalue weighted by molar-refractivity contribution is 0.0330. The summed E-state index contributed by atoms with van der Waals surface area (Å²) in [6.07, 6.45) is 5.85. The van der Waals surface area contributed by atoms with Gasteiger partial charge in [-0.15, -0.1) is 17.0 Å². The molecule has 1 aromatic heterocycles. The monoisotopic (exact) mass is 289 g/mol. The van der Waals surface area contributed by atoms with Gasteiger partial charge in [0.2, 0.25) is 0 Å². The van der Waals surface area contributed by atoms with Crippen LogP contribution in [0.4, 0.5) is 0 Å². The van der Waals surface area contributed by atoms with E-state index >= 15 is 0 Å². The van der Waals surface area contributed by atoms with Crippen LogP contribution in [0.25, 0.3) is 0 Å². The summed E-state index contributed by atoms with van der Waals surface area (Å²) in [6, 6.07) is 0. The van der Waals surface area contributed by atoms with E-state index in [1.54, 1.807) is 12.4 Å². The van der Waals surface area contributed by atoms with Gasteiger partial charge in [0.15, 0.2) is 0 Å². The Morgan fingerprint density at radius 1 is 1.27 bits per heavy atom. The van der Waals surface area contributed by atoms with Gasteiger partial charge in [-0.3, -0.25) is 0 Å². The number of aromatic nitrogens is 2. The van der Waals surface area contributed by atoms with E-state index in [1.807, 2.05) is 0 Å². The highest BCUT2D eigenvalue weighted by atomic mass is 79.9. The highest BCUT2D eigenvalue weighted by Gasteiger charge is 2.49. The molecule has 15 heavy (non-hydrogen) atoms. The maximum absolute atomic E-state index is 5.74. The van der Waals surface area contributed by atoms with Gasteiger partial charge in [-0.25, -0.2) is 9.97 Å². The zero-order valence-corrected chi connectivity index (χ0v) is 10.7. The van der Waals surface area contributed by atoms with Crippen LogP contribution >= 0.6 is 28.6 Å². The van der Waals surface area contributed by atoms with E-state index in [1.165, 1.54) is 25.9 Å². The van der Waals surface area contributed by atoms with Crippen LogP contribution in [0, 0.1) is 5.41 Å². The van der Waals surface area contributed by atoms with Crippen molar-refractivity contribution in [2.75, 3.05) is 13.1 Å². The molecule has 1 spiro atoms. The quantitative estimate of drug-likeness (QED) is 0.861. The third-order valence-corrected chi connectivity index (χ3v) is 3.56. The fourth-order valence-corrected chi connectivity index (χ4v) is 2.57. The van der Waals surface area contributed by atoms with Crippen molar-refractivity contribution in [2.24, 2.45) is 5.41 Å². The van der Waals surface area contributed by atoms with E-state index in [-0.39, 0.29) is 17.0 Å². The van der Waals surface area contributed by atoms with Gasteiger partial charge in [-0.1, -0.05) is 11.6 Å². The number of nitrogens with one attached hydrogen (secondary N) is 1. The molecule has 0 atom stereocenters. The number of hydrogen-bond donors (Lipinski definition) is 1. The fourth-order valence-electron chi connectivity index (χ4n) is 2.47. The number of nitrogens with zero attached hydrogens (tertiary/aromatic N) is 2. The summed E-state index contributed by atoms with van der Waals surface area (Å²) >= 11 is 5.74. The Bertz CT molecular complexity index is 342. The van der Waals surface area contributed by atoms with Crippen LogP contribution in [0.2, 0.25) is 5.02 Å². The lowest BCUT2D eigenvalue weighted by Crippen LogP contribution is -2.59. The van der Waals surface area contributed by atoms with Crippen LogP contribution in [-0.4, -0.2) is 23.1 Å². The number of halogens is 2. The van der Waals surface area contributed by atoms with Gasteiger partial charge >= 0.3 is 0 Å². The second kappa shape index (κ2) is 4.00. The molecule has 3 rings (SSSR count). The Morgan fingerprint density at radius 3 is 2.33 bits per heavy atom. The molecule has 1 aromatic rings. The van der Waals surface area contributed by atoms with Crippen LogP contribution in [-0.2, 0) is 0 Å². The van der Waals surface area contributed by atoms with Crippen LogP contribution in [0.3, 0.4) is 0 Å². The van der Waals surface area contributed by atoms with Crippen LogP contribution in [0.15, 0.2) is 12.4 Å². The molecule has 2 heterocycles. The van der Waals surface area contributed by atoms with E-state index in [0.29, 0.717) is 16.4 Å². The molecule has 1 N–H and O–H groups in total. The Labute approximate surface area is 104 Å². The Kier molecular flexibility index (Phi) is 3.01. The van der Waals surface area contributed by atoms with Crippen molar-refractivity contribution in [3.05, 3.63) is 23.2 Å². The maximum atomic E-state index is 5.74. The average molecular weight is 291 g/mol. The molecule has 1 saturated carbocycles. The zero-order chi connectivity index (χ0) is 9.60. The molecule has 82 valence electrons. The molecule has 2 aliphatic rings. The first kappa shape index (κ1) is 11.3. The van der Waals surface area contributed by atoms with E-state index in [9.17, 15) is 0 Å². The van der Waals surface area contributed by atoms with Gasteiger partial charge in [-0.05, 0) is 18.3 Å². The lowest BCUT2D eigenvalue weighted by atomic mass is 9.58. The first-order chi connectivity index (χ1) is 6.77. The zero-order valence-electron chi connectivity index (χ0n) is 8.24. The van der Waals surface area contributed by atoms with E-state index < -0.39 is 0 Å². The lowest BCUT2D eigenvalue weighted by Gasteiger charge is -2.53. The number of hydrogen-bond acceptors (Lipinski definition) is 3. The summed E-state index contributed by atoms with van der Waals surface area (Å²) in [5.74, 6) is 1.53. The van der Waals surface area contributed by atoms with Gasteiger partial charge < -0.3 is 5.32 Å². The topological polar surface area (TPSA) is 37.8 Å². The predicted molar refractivity (Wildman–Crippen MR) is 64.6 cm³/mol. The van der Waals surface area contributed by atoms with Gasteiger partial charge in [0.1, 0.15) is 5.82 Å². The first-order valence-corrected chi connectivity index (χ1v) is 5.33. The van der Waals surface area contributed by atoms with Crippen molar-refractivity contribution in [3.8, 4) is 0 Å². The molecule has 0 radical (unpaired) electrons. The highest BCUT2D eigenvalue weighted by molar-refractivity contribution is 8.93. The average Bonchev–Trinajstić information content (AvgIpc) is 2.03. The Morgan fingerprint density at radius 2 is 1.87 bits per heavy atom. The van der Waals surface area contributed by atoms with E-state index in [2.05, 4.69) is 15.3 Å². The van der Waals surface area contributed by atoms with Gasteiger partial charge in [0, 0.05) is 31.4 Å². The smallest absolute Gasteiger partial charge is 0.131 e. The van der Waals surface area contributed by atoms with Gasteiger partial charge in [0.05, 0.1) is 5.02 Å². The molecule has 5 heteroatoms. The summed E-state index contributed by atoms with van der Waals surface area (Å²) in [4.78, 5) is 8.52.